The van der Waals surface area contributed by atoms with Crippen molar-refractivity contribution in [2.75, 3.05) is 13.2 Å². The fourth-order valence-electron chi connectivity index (χ4n) is 3.75. The maximum absolute atomic E-state index is 13.4. The number of carboxylic acids is 1. The highest BCUT2D eigenvalue weighted by molar-refractivity contribution is 5.83. The number of carboxylic acid groups (broad SMARTS) is 1. The quantitative estimate of drug-likeness (QED) is 0.580. The molecule has 1 fully saturated rings. The average Bonchev–Trinajstić information content (AvgIpc) is 3.14. The van der Waals surface area contributed by atoms with Crippen molar-refractivity contribution in [3.05, 3.63) is 35.9 Å². The molecule has 0 saturated carbocycles. The van der Waals surface area contributed by atoms with Crippen molar-refractivity contribution in [1.29, 1.82) is 0 Å². The van der Waals surface area contributed by atoms with Gasteiger partial charge in [0.1, 0.15) is 0 Å². The minimum atomic E-state index is -0.940. The van der Waals surface area contributed by atoms with Crippen LogP contribution in [0, 0.1) is 5.92 Å². The number of amides is 1. The van der Waals surface area contributed by atoms with Crippen molar-refractivity contribution in [1.82, 2.24) is 10.0 Å². The highest BCUT2D eigenvalue weighted by Crippen LogP contribution is 2.25. The molecule has 1 aliphatic heterocycles. The van der Waals surface area contributed by atoms with E-state index in [4.69, 9.17) is 0 Å². The topological polar surface area (TPSA) is 81.1 Å². The predicted octanol–water partition coefficient (Wildman–Crippen LogP) is 3.06. The maximum atomic E-state index is 13.4. The summed E-state index contributed by atoms with van der Waals surface area (Å²) in [5.74, 6) is -1.61. The van der Waals surface area contributed by atoms with E-state index >= 15 is 0 Å². The lowest BCUT2D eigenvalue weighted by atomic mass is 9.96. The van der Waals surface area contributed by atoms with Gasteiger partial charge in [-0.15, -0.1) is 0 Å². The second-order valence-corrected chi connectivity index (χ2v) is 7.31. The van der Waals surface area contributed by atoms with E-state index in [1.54, 1.807) is 5.01 Å². The van der Waals surface area contributed by atoms with E-state index in [1.807, 2.05) is 35.3 Å². The van der Waals surface area contributed by atoms with E-state index in [-0.39, 0.29) is 25.0 Å². The van der Waals surface area contributed by atoms with Gasteiger partial charge >= 0.3 is 5.97 Å². The van der Waals surface area contributed by atoms with Crippen LogP contribution in [0.15, 0.2) is 30.3 Å². The van der Waals surface area contributed by atoms with E-state index in [0.29, 0.717) is 19.5 Å². The van der Waals surface area contributed by atoms with Gasteiger partial charge in [0.05, 0.1) is 25.6 Å². The van der Waals surface area contributed by atoms with Crippen LogP contribution in [0.5, 0.6) is 0 Å². The number of nitrogens with zero attached hydrogens (tertiary/aromatic N) is 2. The van der Waals surface area contributed by atoms with Gasteiger partial charge in [-0.1, -0.05) is 56.5 Å². The first-order chi connectivity index (χ1) is 13.1. The van der Waals surface area contributed by atoms with Gasteiger partial charge in [-0.05, 0) is 24.8 Å². The number of aliphatic hydroxyl groups is 1. The van der Waals surface area contributed by atoms with Crippen molar-refractivity contribution >= 4 is 11.9 Å². The van der Waals surface area contributed by atoms with E-state index in [1.165, 1.54) is 0 Å². The number of hydrazine groups is 1. The summed E-state index contributed by atoms with van der Waals surface area (Å²) in [4.78, 5) is 24.7. The van der Waals surface area contributed by atoms with Gasteiger partial charge in [0.25, 0.3) is 0 Å². The van der Waals surface area contributed by atoms with Crippen LogP contribution in [0.25, 0.3) is 0 Å². The summed E-state index contributed by atoms with van der Waals surface area (Å²) in [6.07, 6.45) is 5.07. The Bertz CT molecular complexity index is 593. The Hall–Kier alpha value is -1.92. The molecule has 2 rings (SSSR count). The van der Waals surface area contributed by atoms with Crippen molar-refractivity contribution in [3.8, 4) is 0 Å². The van der Waals surface area contributed by atoms with Crippen molar-refractivity contribution < 1.29 is 19.8 Å². The van der Waals surface area contributed by atoms with Crippen molar-refractivity contribution in [2.24, 2.45) is 5.92 Å². The summed E-state index contributed by atoms with van der Waals surface area (Å²) in [7, 11) is 0. The lowest BCUT2D eigenvalue weighted by molar-refractivity contribution is -0.161. The molecule has 2 N–H and O–H groups in total. The third-order valence-corrected chi connectivity index (χ3v) is 5.22. The van der Waals surface area contributed by atoms with E-state index in [2.05, 4.69) is 6.92 Å². The molecule has 1 aliphatic rings. The molecule has 6 heteroatoms. The molecule has 1 saturated heterocycles. The molecule has 27 heavy (non-hydrogen) atoms. The van der Waals surface area contributed by atoms with E-state index < -0.39 is 11.9 Å². The van der Waals surface area contributed by atoms with Crippen LogP contribution >= 0.6 is 0 Å². The van der Waals surface area contributed by atoms with Crippen LogP contribution in [0.4, 0.5) is 0 Å². The monoisotopic (exact) mass is 376 g/mol. The van der Waals surface area contributed by atoms with E-state index in [0.717, 1.165) is 37.7 Å². The van der Waals surface area contributed by atoms with Crippen LogP contribution < -0.4 is 0 Å². The molecule has 2 atom stereocenters. The number of unbranched alkanes of at least 4 members (excludes halogenated alkanes) is 2. The number of aliphatic carboxylic acids is 1. The molecule has 0 aromatic heterocycles. The van der Waals surface area contributed by atoms with Gasteiger partial charge in [0, 0.05) is 12.5 Å². The van der Waals surface area contributed by atoms with Crippen LogP contribution in [0.1, 0.15) is 57.4 Å². The Balaban J connectivity index is 2.22. The summed E-state index contributed by atoms with van der Waals surface area (Å²) < 4.78 is 0. The lowest BCUT2D eigenvalue weighted by Gasteiger charge is -2.37. The molecule has 150 valence electrons. The molecular formula is C21H32N2O4. The van der Waals surface area contributed by atoms with Gasteiger partial charge < -0.3 is 10.2 Å². The average molecular weight is 376 g/mol. The minimum Gasteiger partial charge on any atom is -0.481 e. The van der Waals surface area contributed by atoms with Crippen LogP contribution in [0.2, 0.25) is 0 Å². The Morgan fingerprint density at radius 3 is 2.63 bits per heavy atom. The molecule has 6 nitrogen and oxygen atoms in total. The first-order valence-corrected chi connectivity index (χ1v) is 10.0. The summed E-state index contributed by atoms with van der Waals surface area (Å²) in [5, 5.41) is 22.7. The van der Waals surface area contributed by atoms with Crippen LogP contribution in [-0.4, -0.2) is 51.3 Å². The SMILES string of the molecule is CCCCCC(CC(=O)O)C(=O)N(Cc1ccccc1)N1CCCC1CO. The lowest BCUT2D eigenvalue weighted by Crippen LogP contribution is -2.51. The summed E-state index contributed by atoms with van der Waals surface area (Å²) >= 11 is 0. The van der Waals surface area contributed by atoms with Gasteiger partial charge in [0.2, 0.25) is 5.91 Å². The number of hydrogen-bond donors (Lipinski definition) is 2. The molecule has 0 bridgehead atoms. The van der Waals surface area contributed by atoms with Gasteiger partial charge in [0.15, 0.2) is 0 Å². The molecule has 0 radical (unpaired) electrons. The first-order valence-electron chi connectivity index (χ1n) is 10.0. The highest BCUT2D eigenvalue weighted by Gasteiger charge is 2.35. The number of hydrogen-bond acceptors (Lipinski definition) is 4. The molecule has 1 amide bonds. The third-order valence-electron chi connectivity index (χ3n) is 5.22. The Kier molecular flexibility index (Phi) is 8.75. The van der Waals surface area contributed by atoms with Crippen molar-refractivity contribution in [3.63, 3.8) is 0 Å². The van der Waals surface area contributed by atoms with Gasteiger partial charge in [-0.25, -0.2) is 5.01 Å². The van der Waals surface area contributed by atoms with E-state index in [9.17, 15) is 19.8 Å². The highest BCUT2D eigenvalue weighted by atomic mass is 16.4. The standard InChI is InChI=1S/C21H32N2O4/c1-2-3-5-11-18(14-20(25)26)21(27)23(15-17-9-6-4-7-10-17)22-13-8-12-19(22)16-24/h4,6-7,9-10,18-19,24H,2-3,5,8,11-16H2,1H3,(H,25,26). The molecule has 0 aliphatic carbocycles. The Morgan fingerprint density at radius 2 is 2.00 bits per heavy atom. The zero-order valence-electron chi connectivity index (χ0n) is 16.2. The maximum Gasteiger partial charge on any atom is 0.304 e. The van der Waals surface area contributed by atoms with Crippen LogP contribution in [-0.2, 0) is 16.1 Å². The second-order valence-electron chi connectivity index (χ2n) is 7.31. The third kappa shape index (κ3) is 6.33. The van der Waals surface area contributed by atoms with Gasteiger partial charge in [-0.2, -0.15) is 0 Å². The predicted molar refractivity (Wildman–Crippen MR) is 104 cm³/mol. The number of carbonyl (C=O) groups excluding carboxylic acids is 1. The minimum absolute atomic E-state index is 0.00198. The number of carbonyl (C=O) groups is 2. The molecule has 2 unspecified atom stereocenters. The smallest absolute Gasteiger partial charge is 0.304 e. The van der Waals surface area contributed by atoms with Crippen LogP contribution in [0.3, 0.4) is 0 Å². The summed E-state index contributed by atoms with van der Waals surface area (Å²) in [6.45, 7) is 3.20. The fraction of sp³-hybridized carbons (Fsp3) is 0.619. The Morgan fingerprint density at radius 1 is 1.26 bits per heavy atom. The molecular weight excluding hydrogens is 344 g/mol. The number of aliphatic hydroxyl groups excluding tert-OH is 1. The number of benzene rings is 1. The zero-order chi connectivity index (χ0) is 19.6. The molecule has 1 aromatic rings. The van der Waals surface area contributed by atoms with Gasteiger partial charge in [-0.3, -0.25) is 14.6 Å². The first kappa shape index (κ1) is 21.4. The fourth-order valence-corrected chi connectivity index (χ4v) is 3.75. The summed E-state index contributed by atoms with van der Waals surface area (Å²) in [6, 6.07) is 9.64. The second kappa shape index (κ2) is 11.0. The van der Waals surface area contributed by atoms with Crippen molar-refractivity contribution in [2.45, 2.75) is 64.5 Å². The Labute approximate surface area is 161 Å². The zero-order valence-corrected chi connectivity index (χ0v) is 16.2. The summed E-state index contributed by atoms with van der Waals surface area (Å²) in [5.41, 5.74) is 0.997. The largest absolute Gasteiger partial charge is 0.481 e. The molecule has 1 aromatic carbocycles. The molecule has 1 heterocycles. The normalized spacial score (nSPS) is 18.4. The molecule has 0 spiro atoms. The number of rotatable bonds is 11.